The van der Waals surface area contributed by atoms with E-state index in [0.717, 1.165) is 34.0 Å². The zero-order valence-electron chi connectivity index (χ0n) is 15.3. The number of ether oxygens (including phenoxy) is 2. The number of guanidine groups is 1. The predicted molar refractivity (Wildman–Crippen MR) is 104 cm³/mol. The molecule has 2 rings (SSSR count). The van der Waals surface area contributed by atoms with Gasteiger partial charge in [0, 0.05) is 55.7 Å². The maximum absolute atomic E-state index is 5.45. The first kappa shape index (κ1) is 19.2. The molecule has 6 nitrogen and oxygen atoms in total. The molecule has 0 fully saturated rings. The van der Waals surface area contributed by atoms with E-state index < -0.39 is 0 Å². The lowest BCUT2D eigenvalue weighted by atomic mass is 10.2. The number of methoxy groups -OCH3 is 2. The lowest BCUT2D eigenvalue weighted by Crippen LogP contribution is -2.38. The molecule has 0 spiro atoms. The highest BCUT2D eigenvalue weighted by atomic mass is 79.9. The van der Waals surface area contributed by atoms with Gasteiger partial charge in [0.1, 0.15) is 11.5 Å². The Morgan fingerprint density at radius 3 is 2.60 bits per heavy atom. The first-order valence-corrected chi connectivity index (χ1v) is 8.71. The van der Waals surface area contributed by atoms with Crippen molar-refractivity contribution in [3.63, 3.8) is 0 Å². The first-order valence-electron chi connectivity index (χ1n) is 7.92. The van der Waals surface area contributed by atoms with E-state index in [4.69, 9.17) is 9.47 Å². The highest BCUT2D eigenvalue weighted by molar-refractivity contribution is 9.10. The normalized spacial score (nSPS) is 11.4. The van der Waals surface area contributed by atoms with E-state index in [9.17, 15) is 0 Å². The van der Waals surface area contributed by atoms with Crippen LogP contribution in [0.5, 0.6) is 11.5 Å². The number of aliphatic imine (C=N–C) groups is 1. The highest BCUT2D eigenvalue weighted by Gasteiger charge is 2.11. The van der Waals surface area contributed by atoms with Crippen molar-refractivity contribution in [2.45, 2.75) is 13.1 Å². The van der Waals surface area contributed by atoms with Gasteiger partial charge in [-0.05, 0) is 34.1 Å². The lowest BCUT2D eigenvalue weighted by molar-refractivity contribution is 0.390. The van der Waals surface area contributed by atoms with Gasteiger partial charge >= 0.3 is 0 Å². The van der Waals surface area contributed by atoms with Crippen LogP contribution in [0.2, 0.25) is 0 Å². The molecule has 136 valence electrons. The Labute approximate surface area is 157 Å². The molecule has 1 heterocycles. The fourth-order valence-corrected chi connectivity index (χ4v) is 3.17. The lowest BCUT2D eigenvalue weighted by Gasteiger charge is -2.23. The summed E-state index contributed by atoms with van der Waals surface area (Å²) in [5.41, 5.74) is 2.24. The third-order valence-corrected chi connectivity index (χ3v) is 4.41. The molecule has 1 aromatic heterocycles. The number of halogens is 1. The molecule has 0 saturated heterocycles. The quantitative estimate of drug-likeness (QED) is 0.589. The monoisotopic (exact) mass is 408 g/mol. The summed E-state index contributed by atoms with van der Waals surface area (Å²) in [6.07, 6.45) is 2.04. The van der Waals surface area contributed by atoms with Crippen LogP contribution in [-0.2, 0) is 20.1 Å². The summed E-state index contributed by atoms with van der Waals surface area (Å²) in [4.78, 5) is 6.45. The molecule has 7 heteroatoms. The molecule has 2 aromatic rings. The van der Waals surface area contributed by atoms with E-state index in [1.54, 1.807) is 21.3 Å². The van der Waals surface area contributed by atoms with Crippen molar-refractivity contribution in [3.8, 4) is 11.5 Å². The van der Waals surface area contributed by atoms with Gasteiger partial charge in [-0.2, -0.15) is 0 Å². The number of benzene rings is 1. The number of aryl methyl sites for hydroxylation is 1. The molecule has 0 radical (unpaired) electrons. The van der Waals surface area contributed by atoms with Gasteiger partial charge in [0.25, 0.3) is 0 Å². The average Bonchev–Trinajstić information content (AvgIpc) is 2.92. The second kappa shape index (κ2) is 8.80. The third-order valence-electron chi connectivity index (χ3n) is 3.98. The van der Waals surface area contributed by atoms with E-state index >= 15 is 0 Å². The summed E-state index contributed by atoms with van der Waals surface area (Å²) in [6.45, 7) is 1.36. The van der Waals surface area contributed by atoms with Gasteiger partial charge in [-0.25, -0.2) is 0 Å². The van der Waals surface area contributed by atoms with Gasteiger partial charge in [0.2, 0.25) is 0 Å². The van der Waals surface area contributed by atoms with Gasteiger partial charge in [-0.15, -0.1) is 0 Å². The zero-order chi connectivity index (χ0) is 18.4. The van der Waals surface area contributed by atoms with Gasteiger partial charge in [0.05, 0.1) is 20.8 Å². The van der Waals surface area contributed by atoms with E-state index in [2.05, 4.69) is 41.8 Å². The summed E-state index contributed by atoms with van der Waals surface area (Å²) >= 11 is 3.51. The van der Waals surface area contributed by atoms with E-state index in [-0.39, 0.29) is 0 Å². The molecule has 0 aliphatic carbocycles. The van der Waals surface area contributed by atoms with Crippen molar-refractivity contribution in [2.24, 2.45) is 12.0 Å². The van der Waals surface area contributed by atoms with Gasteiger partial charge < -0.3 is 24.3 Å². The second-order valence-corrected chi connectivity index (χ2v) is 6.61. The molecule has 0 amide bonds. The second-order valence-electron chi connectivity index (χ2n) is 5.70. The summed E-state index contributed by atoms with van der Waals surface area (Å²) in [5, 5.41) is 3.38. The molecule has 1 aromatic carbocycles. The van der Waals surface area contributed by atoms with Crippen molar-refractivity contribution in [3.05, 3.63) is 46.2 Å². The van der Waals surface area contributed by atoms with E-state index in [1.165, 1.54) is 5.69 Å². The number of nitrogens with zero attached hydrogens (tertiary/aromatic N) is 3. The van der Waals surface area contributed by atoms with Crippen molar-refractivity contribution in [1.29, 1.82) is 0 Å². The molecule has 1 N–H and O–H groups in total. The minimum atomic E-state index is 0.612. The Balaban J connectivity index is 2.03. The van der Waals surface area contributed by atoms with Crippen molar-refractivity contribution >= 4 is 21.9 Å². The minimum absolute atomic E-state index is 0.612. The van der Waals surface area contributed by atoms with Crippen molar-refractivity contribution in [1.82, 2.24) is 14.8 Å². The highest BCUT2D eigenvalue weighted by Crippen LogP contribution is 2.24. The van der Waals surface area contributed by atoms with E-state index in [0.29, 0.717) is 6.54 Å². The predicted octanol–water partition coefficient (Wildman–Crippen LogP) is 3.01. The van der Waals surface area contributed by atoms with Crippen LogP contribution in [-0.4, -0.2) is 43.7 Å². The van der Waals surface area contributed by atoms with Crippen LogP contribution in [0.1, 0.15) is 11.3 Å². The Kier molecular flexibility index (Phi) is 6.75. The SMILES string of the molecule is CN=C(NCc1ccc(OC)cc1OC)N(C)Cc1cc(Br)cn1C. The molecule has 0 atom stereocenters. The summed E-state index contributed by atoms with van der Waals surface area (Å²) in [5.74, 6) is 2.38. The molecule has 0 bridgehead atoms. The fraction of sp³-hybridized carbons (Fsp3) is 0.389. The van der Waals surface area contributed by atoms with Gasteiger partial charge in [0.15, 0.2) is 5.96 Å². The summed E-state index contributed by atoms with van der Waals surface area (Å²) < 4.78 is 13.9. The fourth-order valence-electron chi connectivity index (χ4n) is 2.60. The summed E-state index contributed by atoms with van der Waals surface area (Å²) in [6, 6.07) is 7.90. The minimum Gasteiger partial charge on any atom is -0.497 e. The maximum Gasteiger partial charge on any atom is 0.194 e. The molecular weight excluding hydrogens is 384 g/mol. The molecule has 0 aliphatic rings. The van der Waals surface area contributed by atoms with E-state index in [1.807, 2.05) is 38.5 Å². The van der Waals surface area contributed by atoms with Crippen LogP contribution in [0.15, 0.2) is 39.9 Å². The number of aromatic nitrogens is 1. The number of hydrogen-bond acceptors (Lipinski definition) is 3. The molecule has 25 heavy (non-hydrogen) atoms. The van der Waals surface area contributed by atoms with Crippen LogP contribution in [0.4, 0.5) is 0 Å². The van der Waals surface area contributed by atoms with Crippen LogP contribution in [0.3, 0.4) is 0 Å². The van der Waals surface area contributed by atoms with Crippen LogP contribution in [0, 0.1) is 0 Å². The molecule has 0 unspecified atom stereocenters. The smallest absolute Gasteiger partial charge is 0.194 e. The van der Waals surface area contributed by atoms with Crippen LogP contribution < -0.4 is 14.8 Å². The zero-order valence-corrected chi connectivity index (χ0v) is 16.9. The third kappa shape index (κ3) is 4.92. The summed E-state index contributed by atoms with van der Waals surface area (Å²) in [7, 11) is 9.14. The molecule has 0 saturated carbocycles. The maximum atomic E-state index is 5.45. The van der Waals surface area contributed by atoms with Crippen molar-refractivity contribution in [2.75, 3.05) is 28.3 Å². The number of nitrogens with one attached hydrogen (secondary N) is 1. The molecule has 0 aliphatic heterocycles. The number of hydrogen-bond donors (Lipinski definition) is 1. The van der Waals surface area contributed by atoms with Crippen LogP contribution in [0.25, 0.3) is 0 Å². The van der Waals surface area contributed by atoms with Crippen LogP contribution >= 0.6 is 15.9 Å². The Hall–Kier alpha value is -2.15. The van der Waals surface area contributed by atoms with Gasteiger partial charge in [-0.1, -0.05) is 0 Å². The average molecular weight is 409 g/mol. The van der Waals surface area contributed by atoms with Gasteiger partial charge in [-0.3, -0.25) is 4.99 Å². The first-order chi connectivity index (χ1) is 12.0. The largest absolute Gasteiger partial charge is 0.497 e. The topological polar surface area (TPSA) is 51.0 Å². The standard InChI is InChI=1S/C18H25BrN4O2/c1-20-18(23(3)12-15-8-14(19)11-22(15)2)21-10-13-6-7-16(24-4)9-17(13)25-5/h6-9,11H,10,12H2,1-5H3,(H,20,21). The Morgan fingerprint density at radius 1 is 1.28 bits per heavy atom. The van der Waals surface area contributed by atoms with Crippen molar-refractivity contribution < 1.29 is 9.47 Å². The molecular formula is C18H25BrN4O2. The Morgan fingerprint density at radius 2 is 2.04 bits per heavy atom. The Bertz CT molecular complexity index is 743. The number of rotatable bonds is 6.